The second-order valence-electron chi connectivity index (χ2n) is 8.93. The average Bonchev–Trinajstić information content (AvgIpc) is 3.45. The molecule has 3 aromatic rings. The van der Waals surface area contributed by atoms with Gasteiger partial charge in [0, 0.05) is 56.8 Å². The zero-order chi connectivity index (χ0) is 22.9. The van der Waals surface area contributed by atoms with Crippen molar-refractivity contribution < 1.29 is 14.3 Å². The molecule has 2 aromatic heterocycles. The molecule has 0 aliphatic carbocycles. The van der Waals surface area contributed by atoms with Gasteiger partial charge in [-0.1, -0.05) is 6.07 Å². The van der Waals surface area contributed by atoms with Crippen LogP contribution < -0.4 is 25.0 Å². The summed E-state index contributed by atoms with van der Waals surface area (Å²) in [5.41, 5.74) is 5.15. The number of anilines is 1. The summed E-state index contributed by atoms with van der Waals surface area (Å²) in [6.45, 7) is 8.59. The Labute approximate surface area is 193 Å². The van der Waals surface area contributed by atoms with Crippen LogP contribution in [-0.2, 0) is 4.79 Å². The number of aryl methyl sites for hydroxylation is 1. The van der Waals surface area contributed by atoms with Crippen LogP contribution in [-0.4, -0.2) is 61.5 Å². The van der Waals surface area contributed by atoms with E-state index in [0.717, 1.165) is 65.6 Å². The first-order chi connectivity index (χ1) is 16.0. The van der Waals surface area contributed by atoms with Gasteiger partial charge in [0.2, 0.25) is 5.91 Å². The van der Waals surface area contributed by atoms with E-state index in [1.54, 1.807) is 7.11 Å². The molecule has 1 amide bonds. The first-order valence-electron chi connectivity index (χ1n) is 11.6. The summed E-state index contributed by atoms with van der Waals surface area (Å²) in [5, 5.41) is 10.8. The van der Waals surface area contributed by atoms with E-state index < -0.39 is 0 Å². The monoisotopic (exact) mass is 449 g/mol. The molecule has 2 fully saturated rings. The molecule has 2 aliphatic rings. The van der Waals surface area contributed by atoms with Gasteiger partial charge in [0.1, 0.15) is 23.1 Å². The highest BCUT2D eigenvalue weighted by Gasteiger charge is 2.28. The lowest BCUT2D eigenvalue weighted by Crippen LogP contribution is -2.43. The van der Waals surface area contributed by atoms with Gasteiger partial charge in [-0.05, 0) is 43.2 Å². The summed E-state index contributed by atoms with van der Waals surface area (Å²) in [7, 11) is 1.72. The number of ether oxygens (including phenoxy) is 2. The minimum Gasteiger partial charge on any atom is -0.495 e. The number of hydrogen-bond acceptors (Lipinski definition) is 6. The van der Waals surface area contributed by atoms with Crippen LogP contribution in [0.1, 0.15) is 18.9 Å². The number of hydrogen-bond donors (Lipinski definition) is 2. The van der Waals surface area contributed by atoms with Crippen molar-refractivity contribution in [2.45, 2.75) is 26.4 Å². The topological polar surface area (TPSA) is 80.1 Å². The minimum atomic E-state index is -0.0954. The number of carbonyl (C=O) groups is 1. The van der Waals surface area contributed by atoms with E-state index in [1.165, 1.54) is 0 Å². The molecule has 174 valence electrons. The van der Waals surface area contributed by atoms with Gasteiger partial charge >= 0.3 is 0 Å². The van der Waals surface area contributed by atoms with Crippen molar-refractivity contribution in [1.82, 2.24) is 20.2 Å². The second-order valence-corrected chi connectivity index (χ2v) is 8.93. The highest BCUT2D eigenvalue weighted by Crippen LogP contribution is 2.36. The van der Waals surface area contributed by atoms with Crippen molar-refractivity contribution in [2.24, 2.45) is 5.92 Å². The first-order valence-corrected chi connectivity index (χ1v) is 11.6. The Morgan fingerprint density at radius 3 is 2.67 bits per heavy atom. The molecule has 2 N–H and O–H groups in total. The minimum absolute atomic E-state index is 0.0894. The number of benzene rings is 1. The Morgan fingerprint density at radius 1 is 1.15 bits per heavy atom. The molecule has 0 saturated carbocycles. The molecule has 2 saturated heterocycles. The molecule has 0 bridgehead atoms. The van der Waals surface area contributed by atoms with Gasteiger partial charge in [-0.15, -0.1) is 0 Å². The summed E-state index contributed by atoms with van der Waals surface area (Å²) in [4.78, 5) is 14.0. The molecule has 0 radical (unpaired) electrons. The number of nitrogens with one attached hydrogen (secondary N) is 2. The summed E-state index contributed by atoms with van der Waals surface area (Å²) < 4.78 is 14.1. The maximum atomic E-state index is 11.7. The molecule has 2 atom stereocenters. The van der Waals surface area contributed by atoms with E-state index in [1.807, 2.05) is 30.8 Å². The van der Waals surface area contributed by atoms with E-state index >= 15 is 0 Å². The fourth-order valence-corrected chi connectivity index (χ4v) is 4.76. The Hall–Kier alpha value is -3.26. The van der Waals surface area contributed by atoms with Crippen LogP contribution in [0, 0.1) is 12.8 Å². The Kier molecular flexibility index (Phi) is 5.85. The van der Waals surface area contributed by atoms with Crippen molar-refractivity contribution >= 4 is 17.1 Å². The highest BCUT2D eigenvalue weighted by molar-refractivity contribution is 5.78. The molecule has 1 aromatic carbocycles. The lowest BCUT2D eigenvalue weighted by Gasteiger charge is -2.30. The number of amides is 1. The Balaban J connectivity index is 1.50. The van der Waals surface area contributed by atoms with Crippen LogP contribution in [0.4, 0.5) is 5.69 Å². The molecule has 8 nitrogen and oxygen atoms in total. The maximum absolute atomic E-state index is 11.7. The predicted octanol–water partition coefficient (Wildman–Crippen LogP) is 2.63. The predicted molar refractivity (Wildman–Crippen MR) is 128 cm³/mol. The van der Waals surface area contributed by atoms with E-state index in [2.05, 4.69) is 44.9 Å². The molecule has 4 heterocycles. The summed E-state index contributed by atoms with van der Waals surface area (Å²) in [5.74, 6) is 1.88. The third-order valence-electron chi connectivity index (χ3n) is 6.72. The van der Waals surface area contributed by atoms with Crippen molar-refractivity contribution in [2.75, 3.05) is 44.7 Å². The molecule has 5 rings (SSSR count). The van der Waals surface area contributed by atoms with Crippen LogP contribution in [0.5, 0.6) is 11.5 Å². The van der Waals surface area contributed by atoms with Gasteiger partial charge in [0.15, 0.2) is 0 Å². The van der Waals surface area contributed by atoms with Crippen LogP contribution in [0.15, 0.2) is 36.7 Å². The Morgan fingerprint density at radius 2 is 1.94 bits per heavy atom. The van der Waals surface area contributed by atoms with E-state index in [9.17, 15) is 4.79 Å². The zero-order valence-corrected chi connectivity index (χ0v) is 19.4. The highest BCUT2D eigenvalue weighted by atomic mass is 16.5. The molecule has 33 heavy (non-hydrogen) atoms. The van der Waals surface area contributed by atoms with Gasteiger partial charge in [-0.25, -0.2) is 4.52 Å². The van der Waals surface area contributed by atoms with E-state index in [-0.39, 0.29) is 17.9 Å². The van der Waals surface area contributed by atoms with Crippen LogP contribution in [0.3, 0.4) is 0 Å². The summed E-state index contributed by atoms with van der Waals surface area (Å²) in [6.07, 6.45) is 4.28. The molecule has 2 unspecified atom stereocenters. The lowest BCUT2D eigenvalue weighted by atomic mass is 10.0. The fraction of sp³-hybridized carbons (Fsp3) is 0.440. The molecular weight excluding hydrogens is 418 g/mol. The summed E-state index contributed by atoms with van der Waals surface area (Å²) in [6, 6.07) is 8.42. The number of carbonyl (C=O) groups excluding carboxylic acids is 1. The first kappa shape index (κ1) is 21.6. The number of rotatable bonds is 6. The number of methoxy groups -OCH3 is 1. The maximum Gasteiger partial charge on any atom is 0.220 e. The zero-order valence-electron chi connectivity index (χ0n) is 19.4. The average molecular weight is 450 g/mol. The standard InChI is InChI=1S/C25H31N5O3/c1-16-13-28-30-15-20(11-23(25(16)30)33-17(2)19-12-24(31)27-14-19)18-4-5-21(22(10-18)32-3)29-8-6-26-7-9-29/h4-5,10-11,13,15,17,19,26H,6-9,12,14H2,1-3H3,(H,27,31). The Bertz CT molecular complexity index is 1170. The second kappa shape index (κ2) is 8.94. The number of fused-ring (bicyclic) bond motifs is 1. The number of pyridine rings is 1. The van der Waals surface area contributed by atoms with Crippen molar-refractivity contribution in [3.63, 3.8) is 0 Å². The molecule has 2 aliphatic heterocycles. The third-order valence-corrected chi connectivity index (χ3v) is 6.72. The van der Waals surface area contributed by atoms with Crippen LogP contribution in [0.2, 0.25) is 0 Å². The summed E-state index contributed by atoms with van der Waals surface area (Å²) >= 11 is 0. The molecule has 8 heteroatoms. The number of piperazine rings is 1. The number of nitrogens with zero attached hydrogens (tertiary/aromatic N) is 3. The largest absolute Gasteiger partial charge is 0.495 e. The van der Waals surface area contributed by atoms with Gasteiger partial charge in [0.05, 0.1) is 19.0 Å². The smallest absolute Gasteiger partial charge is 0.220 e. The van der Waals surface area contributed by atoms with Gasteiger partial charge < -0.3 is 25.0 Å². The van der Waals surface area contributed by atoms with Crippen molar-refractivity contribution in [1.29, 1.82) is 0 Å². The van der Waals surface area contributed by atoms with E-state index in [4.69, 9.17) is 9.47 Å². The number of aromatic nitrogens is 2. The van der Waals surface area contributed by atoms with E-state index in [0.29, 0.717) is 13.0 Å². The van der Waals surface area contributed by atoms with Crippen molar-refractivity contribution in [3.05, 3.63) is 42.2 Å². The van der Waals surface area contributed by atoms with Gasteiger partial charge in [0.25, 0.3) is 0 Å². The molecular formula is C25H31N5O3. The molecule has 0 spiro atoms. The third kappa shape index (κ3) is 4.23. The lowest BCUT2D eigenvalue weighted by molar-refractivity contribution is -0.119. The van der Waals surface area contributed by atoms with Gasteiger partial charge in [-0.3, -0.25) is 4.79 Å². The SMILES string of the molecule is COc1cc(-c2cc(OC(C)C3CNC(=O)C3)c3c(C)cnn3c2)ccc1N1CCNCC1. The van der Waals surface area contributed by atoms with Crippen LogP contribution >= 0.6 is 0 Å². The fourth-order valence-electron chi connectivity index (χ4n) is 4.76. The quantitative estimate of drug-likeness (QED) is 0.602. The van der Waals surface area contributed by atoms with Crippen LogP contribution in [0.25, 0.3) is 16.6 Å². The van der Waals surface area contributed by atoms with Gasteiger partial charge in [-0.2, -0.15) is 5.10 Å². The van der Waals surface area contributed by atoms with Crippen molar-refractivity contribution in [3.8, 4) is 22.6 Å². The normalized spacial score (nSPS) is 19.5.